The number of fused-ring (bicyclic) bond motifs is 3. The number of nitrogens with zero attached hydrogens (tertiary/aromatic N) is 2. The van der Waals surface area contributed by atoms with E-state index in [9.17, 15) is 34.8 Å². The number of phenols is 1. The number of hydrogen-bond acceptors (Lipinski definition) is 11. The summed E-state index contributed by atoms with van der Waals surface area (Å²) < 4.78 is 5.74. The number of nitrogens with two attached hydrogens (primary N) is 1. The molecule has 45 heavy (non-hydrogen) atoms. The molecular formula is C33H42N4O8. The van der Waals surface area contributed by atoms with Crippen molar-refractivity contribution in [2.24, 2.45) is 16.6 Å². The number of benzene rings is 1. The number of aromatic hydroxyl groups is 1. The van der Waals surface area contributed by atoms with Crippen LogP contribution in [0.15, 0.2) is 33.5 Å². The number of hydrogen-bond donors (Lipinski definition) is 6. The lowest BCUT2D eigenvalue weighted by Gasteiger charge is -2.59. The van der Waals surface area contributed by atoms with Crippen molar-refractivity contribution in [1.82, 2.24) is 10.2 Å². The molecule has 0 saturated heterocycles. The second-order valence-corrected chi connectivity index (χ2v) is 13.6. The number of aliphatic hydroxyl groups is 3. The smallest absolute Gasteiger partial charge is 0.255 e. The first-order valence-electron chi connectivity index (χ1n) is 14.8. The average molecular weight is 623 g/mol. The summed E-state index contributed by atoms with van der Waals surface area (Å²) in [5, 5.41) is 50.2. The van der Waals surface area contributed by atoms with Gasteiger partial charge in [-0.2, -0.15) is 0 Å². The molecular weight excluding hydrogens is 580 g/mol. The maximum atomic E-state index is 14.5. The van der Waals surface area contributed by atoms with Crippen LogP contribution < -0.4 is 16.0 Å². The van der Waals surface area contributed by atoms with E-state index in [1.54, 1.807) is 21.0 Å². The van der Waals surface area contributed by atoms with E-state index in [0.717, 1.165) is 17.1 Å². The highest BCUT2D eigenvalue weighted by atomic mass is 16.4. The fourth-order valence-electron chi connectivity index (χ4n) is 8.02. The zero-order valence-corrected chi connectivity index (χ0v) is 27.0. The molecule has 12 heteroatoms. The van der Waals surface area contributed by atoms with Crippen molar-refractivity contribution in [3.8, 4) is 5.75 Å². The lowest BCUT2D eigenvalue weighted by Crippen LogP contribution is -2.72. The molecule has 0 spiro atoms. The summed E-state index contributed by atoms with van der Waals surface area (Å²) in [6.07, 6.45) is 0.130. The molecule has 12 nitrogen and oxygen atoms in total. The Bertz CT molecular complexity index is 1700. The van der Waals surface area contributed by atoms with Gasteiger partial charge in [0.05, 0.1) is 18.2 Å². The number of amides is 1. The zero-order valence-electron chi connectivity index (χ0n) is 27.0. The monoisotopic (exact) mass is 622 g/mol. The molecule has 0 bridgehead atoms. The Kier molecular flexibility index (Phi) is 7.50. The number of aliphatic hydroxyl groups excluding tert-OH is 2. The molecule has 7 N–H and O–H groups in total. The number of Topliss-reactive ketones (excluding diaryl/α,β-unsaturated/α-hetero) is 2. The number of anilines is 1. The Morgan fingerprint density at radius 2 is 1.73 bits per heavy atom. The molecule has 242 valence electrons. The number of rotatable bonds is 7. The number of nitrogens with one attached hydrogen (secondary N) is 1. The van der Waals surface area contributed by atoms with Crippen molar-refractivity contribution in [1.29, 1.82) is 0 Å². The van der Waals surface area contributed by atoms with Crippen LogP contribution in [0.5, 0.6) is 5.75 Å². The van der Waals surface area contributed by atoms with Crippen molar-refractivity contribution in [2.75, 3.05) is 33.1 Å². The van der Waals surface area contributed by atoms with Crippen molar-refractivity contribution in [3.05, 3.63) is 62.8 Å². The Balaban J connectivity index is 1.68. The van der Waals surface area contributed by atoms with Crippen molar-refractivity contribution in [2.45, 2.75) is 65.3 Å². The highest BCUT2D eigenvalue weighted by Crippen LogP contribution is 2.63. The predicted octanol–water partition coefficient (Wildman–Crippen LogP) is 2.31. The lowest BCUT2D eigenvalue weighted by molar-refractivity contribution is -0.175. The van der Waals surface area contributed by atoms with E-state index in [-0.39, 0.29) is 36.3 Å². The molecule has 3 aliphatic carbocycles. The Morgan fingerprint density at radius 1 is 1.09 bits per heavy atom. The predicted molar refractivity (Wildman–Crippen MR) is 167 cm³/mol. The van der Waals surface area contributed by atoms with Crippen LogP contribution in [0.3, 0.4) is 0 Å². The first-order chi connectivity index (χ1) is 20.8. The number of ketones is 2. The highest BCUT2D eigenvalue weighted by Gasteiger charge is 2.72. The minimum Gasteiger partial charge on any atom is -0.508 e. The van der Waals surface area contributed by atoms with E-state index in [1.807, 2.05) is 45.0 Å². The summed E-state index contributed by atoms with van der Waals surface area (Å²) in [7, 11) is 6.82. The number of furan rings is 1. The Hall–Kier alpha value is -4.13. The highest BCUT2D eigenvalue weighted by molar-refractivity contribution is 6.25. The SMILES string of the molecule is Cc1cc(CNCc2cc(N(C)C)c3c(c2O)C(O)=C2C(=O)[C@]4(O)C(O)=C(C(N)=O)C(=O)[C@@H](N(C)C)[C@]4(C)C[C@]2(C)C3)oc1C. The van der Waals surface area contributed by atoms with Gasteiger partial charge in [-0.05, 0) is 64.0 Å². The second kappa shape index (κ2) is 10.5. The minimum atomic E-state index is -2.76. The molecule has 1 amide bonds. The molecule has 4 atom stereocenters. The number of phenolic OH excluding ortho intramolecular Hbond substituents is 1. The van der Waals surface area contributed by atoms with Crippen LogP contribution in [-0.2, 0) is 33.9 Å². The summed E-state index contributed by atoms with van der Waals surface area (Å²) >= 11 is 0. The topological polar surface area (TPSA) is 190 Å². The third-order valence-corrected chi connectivity index (χ3v) is 10.0. The Labute approximate surface area is 261 Å². The van der Waals surface area contributed by atoms with Crippen LogP contribution in [0.25, 0.3) is 5.76 Å². The second-order valence-electron chi connectivity index (χ2n) is 13.6. The third kappa shape index (κ3) is 4.41. The largest absolute Gasteiger partial charge is 0.508 e. The molecule has 1 fully saturated rings. The molecule has 0 aliphatic heterocycles. The average Bonchev–Trinajstić information content (AvgIpc) is 3.23. The summed E-state index contributed by atoms with van der Waals surface area (Å²) in [5.74, 6) is -3.50. The van der Waals surface area contributed by atoms with Gasteiger partial charge in [-0.15, -0.1) is 0 Å². The number of aryl methyl sites for hydroxylation is 2. The van der Waals surface area contributed by atoms with Gasteiger partial charge in [0.25, 0.3) is 5.91 Å². The van der Waals surface area contributed by atoms with Crippen LogP contribution in [0.2, 0.25) is 0 Å². The number of primary amides is 1. The van der Waals surface area contributed by atoms with Gasteiger partial charge in [-0.25, -0.2) is 0 Å². The molecule has 3 aliphatic rings. The van der Waals surface area contributed by atoms with E-state index in [2.05, 4.69) is 5.32 Å². The van der Waals surface area contributed by atoms with Gasteiger partial charge < -0.3 is 40.8 Å². The van der Waals surface area contributed by atoms with Gasteiger partial charge in [0.15, 0.2) is 11.4 Å². The third-order valence-electron chi connectivity index (χ3n) is 10.0. The van der Waals surface area contributed by atoms with Crippen LogP contribution >= 0.6 is 0 Å². The summed E-state index contributed by atoms with van der Waals surface area (Å²) in [4.78, 5) is 43.8. The fraction of sp³-hybridized carbons (Fsp3) is 0.485. The fourth-order valence-corrected chi connectivity index (χ4v) is 8.02. The molecule has 2 aromatic rings. The first kappa shape index (κ1) is 32.3. The van der Waals surface area contributed by atoms with E-state index < -0.39 is 57.0 Å². The van der Waals surface area contributed by atoms with Gasteiger partial charge in [0.2, 0.25) is 5.78 Å². The molecule has 1 aromatic carbocycles. The quantitative estimate of drug-likeness (QED) is 0.249. The first-order valence-corrected chi connectivity index (χ1v) is 14.8. The number of likely N-dealkylation sites (N-methyl/N-ethyl adjacent to an activating group) is 1. The van der Waals surface area contributed by atoms with E-state index in [0.29, 0.717) is 23.4 Å². The molecule has 1 heterocycles. The summed E-state index contributed by atoms with van der Waals surface area (Å²) in [6.45, 7) is 7.70. The van der Waals surface area contributed by atoms with Crippen LogP contribution in [0, 0.1) is 24.7 Å². The van der Waals surface area contributed by atoms with Crippen molar-refractivity contribution >= 4 is 28.9 Å². The van der Waals surface area contributed by atoms with Gasteiger partial charge >= 0.3 is 0 Å². The van der Waals surface area contributed by atoms with Crippen LogP contribution in [0.4, 0.5) is 5.69 Å². The summed E-state index contributed by atoms with van der Waals surface area (Å²) in [6, 6.07) is 2.55. The normalized spacial score (nSPS) is 27.9. The molecule has 0 radical (unpaired) electrons. The van der Waals surface area contributed by atoms with Gasteiger partial charge in [0, 0.05) is 48.3 Å². The Morgan fingerprint density at radius 3 is 2.27 bits per heavy atom. The summed E-state index contributed by atoms with van der Waals surface area (Å²) in [5.41, 5.74) is 1.69. The van der Waals surface area contributed by atoms with E-state index >= 15 is 0 Å². The zero-order chi connectivity index (χ0) is 33.5. The van der Waals surface area contributed by atoms with E-state index in [1.165, 1.54) is 11.8 Å². The molecule has 5 rings (SSSR count). The van der Waals surface area contributed by atoms with Crippen LogP contribution in [-0.4, -0.2) is 82.6 Å². The van der Waals surface area contributed by atoms with Gasteiger partial charge in [0.1, 0.15) is 34.4 Å². The molecule has 1 aromatic heterocycles. The van der Waals surface area contributed by atoms with E-state index in [4.69, 9.17) is 10.2 Å². The van der Waals surface area contributed by atoms with Gasteiger partial charge in [-0.1, -0.05) is 13.8 Å². The van der Waals surface area contributed by atoms with Crippen molar-refractivity contribution < 1.29 is 39.2 Å². The lowest BCUT2D eigenvalue weighted by atomic mass is 9.46. The van der Waals surface area contributed by atoms with Gasteiger partial charge in [-0.3, -0.25) is 19.3 Å². The molecule has 1 saturated carbocycles. The minimum absolute atomic E-state index is 0.0370. The van der Waals surface area contributed by atoms with Crippen LogP contribution in [0.1, 0.15) is 54.0 Å². The molecule has 0 unspecified atom stereocenters. The number of carbonyl (C=O) groups is 3. The standard InChI is InChI=1S/C33H42N4O8/c1-15-9-18(45-16(15)2)13-35-12-17-10-20(36(5)6)19-11-31(3)14-32(4)27(37(7)8)26(40)22(30(34)43)28(41)33(32,44)29(42)23(31)25(39)21(19)24(17)38/h9-10,27,35,38-39,41,44H,11-14H2,1-8H3,(H2,34,43)/t27-,31+,32+,33-/m1/s1. The number of carbonyl (C=O) groups excluding carboxylic acids is 3. The maximum Gasteiger partial charge on any atom is 0.255 e. The maximum absolute atomic E-state index is 14.5. The van der Waals surface area contributed by atoms with Crippen molar-refractivity contribution in [3.63, 3.8) is 0 Å².